The molecule has 1 atom stereocenters. The molecule has 0 unspecified atom stereocenters. The summed E-state index contributed by atoms with van der Waals surface area (Å²) in [5, 5.41) is 3.06. The number of Topliss-reactive ketones (excluding diaryl/α,β-unsaturated/α-hetero) is 1. The number of halogens is 1. The number of nitrogens with one attached hydrogen (secondary N) is 1. The second kappa shape index (κ2) is 8.13. The van der Waals surface area contributed by atoms with Gasteiger partial charge in [0.25, 0.3) is 0 Å². The lowest BCUT2D eigenvalue weighted by Crippen LogP contribution is -2.30. The van der Waals surface area contributed by atoms with Gasteiger partial charge in [0.2, 0.25) is 5.91 Å². The van der Waals surface area contributed by atoms with Gasteiger partial charge in [-0.25, -0.2) is 4.39 Å². The minimum atomic E-state index is -0.383. The fraction of sp³-hybridized carbons (Fsp3) is 0.333. The molecule has 0 bridgehead atoms. The van der Waals surface area contributed by atoms with Gasteiger partial charge >= 0.3 is 0 Å². The van der Waals surface area contributed by atoms with Crippen LogP contribution in [0.3, 0.4) is 0 Å². The molecular formula is C21H22FNO3. The number of hydrogen-bond acceptors (Lipinski definition) is 3. The molecule has 1 amide bonds. The van der Waals surface area contributed by atoms with Gasteiger partial charge in [0.15, 0.2) is 5.78 Å². The summed E-state index contributed by atoms with van der Waals surface area (Å²) < 4.78 is 18.1. The average Bonchev–Trinajstić information content (AvgIpc) is 3.50. The predicted molar refractivity (Wildman–Crippen MR) is 96.6 cm³/mol. The van der Waals surface area contributed by atoms with E-state index >= 15 is 0 Å². The number of ether oxygens (including phenoxy) is 1. The molecule has 0 aliphatic heterocycles. The lowest BCUT2D eigenvalue weighted by molar-refractivity contribution is -0.122. The predicted octanol–water partition coefficient (Wildman–Crippen LogP) is 4.06. The number of carbonyl (C=O) groups is 2. The summed E-state index contributed by atoms with van der Waals surface area (Å²) in [5.74, 6) is 0.534. The fourth-order valence-corrected chi connectivity index (χ4v) is 2.97. The SMILES string of the molecule is COc1ccc([C@@H](NC(=O)CCC(=O)c2ccc(F)cc2)C2CC2)cc1. The molecule has 136 valence electrons. The number of methoxy groups -OCH3 is 1. The van der Waals surface area contributed by atoms with E-state index in [9.17, 15) is 14.0 Å². The van der Waals surface area contributed by atoms with Gasteiger partial charge in [-0.2, -0.15) is 0 Å². The van der Waals surface area contributed by atoms with Crippen molar-refractivity contribution in [1.29, 1.82) is 0 Å². The van der Waals surface area contributed by atoms with Gasteiger partial charge in [-0.1, -0.05) is 12.1 Å². The highest BCUT2D eigenvalue weighted by atomic mass is 19.1. The smallest absolute Gasteiger partial charge is 0.220 e. The summed E-state index contributed by atoms with van der Waals surface area (Å²) in [5.41, 5.74) is 1.47. The van der Waals surface area contributed by atoms with Crippen LogP contribution in [0.15, 0.2) is 48.5 Å². The van der Waals surface area contributed by atoms with Crippen LogP contribution in [0.5, 0.6) is 5.75 Å². The summed E-state index contributed by atoms with van der Waals surface area (Å²) in [7, 11) is 1.62. The molecule has 0 saturated heterocycles. The molecule has 1 N–H and O–H groups in total. The Kier molecular flexibility index (Phi) is 5.66. The monoisotopic (exact) mass is 355 g/mol. The fourth-order valence-electron chi connectivity index (χ4n) is 2.97. The van der Waals surface area contributed by atoms with Gasteiger partial charge in [0.05, 0.1) is 13.2 Å². The molecule has 1 saturated carbocycles. The highest BCUT2D eigenvalue weighted by Crippen LogP contribution is 2.41. The second-order valence-electron chi connectivity index (χ2n) is 6.59. The van der Waals surface area contributed by atoms with Crippen molar-refractivity contribution in [3.8, 4) is 5.75 Å². The van der Waals surface area contributed by atoms with Crippen LogP contribution in [0.25, 0.3) is 0 Å². The maximum absolute atomic E-state index is 12.9. The maximum Gasteiger partial charge on any atom is 0.220 e. The Labute approximate surface area is 152 Å². The van der Waals surface area contributed by atoms with Gasteiger partial charge in [-0.3, -0.25) is 9.59 Å². The van der Waals surface area contributed by atoms with Crippen LogP contribution < -0.4 is 10.1 Å². The van der Waals surface area contributed by atoms with E-state index in [1.165, 1.54) is 24.3 Å². The van der Waals surface area contributed by atoms with Gasteiger partial charge in [-0.15, -0.1) is 0 Å². The normalized spacial score (nSPS) is 14.5. The first-order valence-corrected chi connectivity index (χ1v) is 8.79. The number of hydrogen-bond donors (Lipinski definition) is 1. The Morgan fingerprint density at radius 1 is 1.08 bits per heavy atom. The Hall–Kier alpha value is -2.69. The van der Waals surface area contributed by atoms with Crippen molar-refractivity contribution in [2.24, 2.45) is 5.92 Å². The highest BCUT2D eigenvalue weighted by molar-refractivity contribution is 5.97. The van der Waals surface area contributed by atoms with Crippen LogP contribution in [0.1, 0.15) is 47.6 Å². The maximum atomic E-state index is 12.9. The van der Waals surface area contributed by atoms with Crippen LogP contribution in [0, 0.1) is 11.7 Å². The lowest BCUT2D eigenvalue weighted by atomic mass is 10.0. The first kappa shape index (κ1) is 18.1. The molecule has 3 rings (SSSR count). The third-order valence-electron chi connectivity index (χ3n) is 4.63. The molecule has 1 aliphatic rings. The first-order chi connectivity index (χ1) is 12.6. The van der Waals surface area contributed by atoms with Gasteiger partial charge in [0.1, 0.15) is 11.6 Å². The molecule has 26 heavy (non-hydrogen) atoms. The third kappa shape index (κ3) is 4.69. The van der Waals surface area contributed by atoms with E-state index in [2.05, 4.69) is 5.32 Å². The Bertz CT molecular complexity index is 767. The quantitative estimate of drug-likeness (QED) is 0.727. The van der Waals surface area contributed by atoms with E-state index in [-0.39, 0.29) is 36.4 Å². The van der Waals surface area contributed by atoms with Crippen LogP contribution in [0.2, 0.25) is 0 Å². The van der Waals surface area contributed by atoms with Crippen LogP contribution >= 0.6 is 0 Å². The lowest BCUT2D eigenvalue weighted by Gasteiger charge is -2.19. The van der Waals surface area contributed by atoms with E-state index in [0.717, 1.165) is 24.2 Å². The number of ketones is 1. The van der Waals surface area contributed by atoms with E-state index in [4.69, 9.17) is 4.74 Å². The summed E-state index contributed by atoms with van der Waals surface area (Å²) in [6, 6.07) is 13.1. The minimum absolute atomic E-state index is 0.0330. The molecule has 1 fully saturated rings. The van der Waals surface area contributed by atoms with Gasteiger partial charge in [0, 0.05) is 18.4 Å². The molecule has 0 aromatic heterocycles. The summed E-state index contributed by atoms with van der Waals surface area (Å²) in [4.78, 5) is 24.4. The van der Waals surface area contributed by atoms with Crippen molar-refractivity contribution in [3.63, 3.8) is 0 Å². The average molecular weight is 355 g/mol. The molecule has 4 nitrogen and oxygen atoms in total. The number of carbonyl (C=O) groups excluding carboxylic acids is 2. The number of amides is 1. The van der Waals surface area contributed by atoms with Crippen LogP contribution in [-0.4, -0.2) is 18.8 Å². The highest BCUT2D eigenvalue weighted by Gasteiger charge is 2.33. The van der Waals surface area contributed by atoms with Crippen molar-refractivity contribution in [2.75, 3.05) is 7.11 Å². The Balaban J connectivity index is 1.56. The summed E-state index contributed by atoms with van der Waals surface area (Å²) >= 11 is 0. The zero-order valence-corrected chi connectivity index (χ0v) is 14.7. The Morgan fingerprint density at radius 3 is 2.31 bits per heavy atom. The standard InChI is InChI=1S/C21H22FNO3/c1-26-18-10-6-16(7-11-18)21(15-2-3-15)23-20(25)13-12-19(24)14-4-8-17(22)9-5-14/h4-11,15,21H,2-3,12-13H2,1H3,(H,23,25)/t21-/m0/s1. The van der Waals surface area contributed by atoms with Crippen LogP contribution in [0.4, 0.5) is 4.39 Å². The topological polar surface area (TPSA) is 55.4 Å². The molecular weight excluding hydrogens is 333 g/mol. The first-order valence-electron chi connectivity index (χ1n) is 8.79. The zero-order chi connectivity index (χ0) is 18.5. The second-order valence-corrected chi connectivity index (χ2v) is 6.59. The van der Waals surface area contributed by atoms with Gasteiger partial charge in [-0.05, 0) is 60.7 Å². The summed E-state index contributed by atoms with van der Waals surface area (Å²) in [6.07, 6.45) is 2.41. The molecule has 5 heteroatoms. The largest absolute Gasteiger partial charge is 0.497 e. The number of rotatable bonds is 8. The van der Waals surface area contributed by atoms with Crippen molar-refractivity contribution in [3.05, 3.63) is 65.5 Å². The van der Waals surface area contributed by atoms with Crippen molar-refractivity contribution < 1.29 is 18.7 Å². The Morgan fingerprint density at radius 2 is 1.73 bits per heavy atom. The molecule has 1 aliphatic carbocycles. The van der Waals surface area contributed by atoms with Crippen LogP contribution in [-0.2, 0) is 4.79 Å². The molecule has 0 heterocycles. The zero-order valence-electron chi connectivity index (χ0n) is 14.7. The van der Waals surface area contributed by atoms with E-state index in [1.807, 2.05) is 24.3 Å². The molecule has 0 spiro atoms. The van der Waals surface area contributed by atoms with E-state index in [0.29, 0.717) is 11.5 Å². The minimum Gasteiger partial charge on any atom is -0.497 e. The van der Waals surface area contributed by atoms with Gasteiger partial charge < -0.3 is 10.1 Å². The molecule has 2 aromatic carbocycles. The van der Waals surface area contributed by atoms with Crippen molar-refractivity contribution in [1.82, 2.24) is 5.32 Å². The van der Waals surface area contributed by atoms with E-state index < -0.39 is 0 Å². The third-order valence-corrected chi connectivity index (χ3v) is 4.63. The molecule has 2 aromatic rings. The van der Waals surface area contributed by atoms with Crippen molar-refractivity contribution >= 4 is 11.7 Å². The van der Waals surface area contributed by atoms with E-state index in [1.54, 1.807) is 7.11 Å². The van der Waals surface area contributed by atoms with Crippen molar-refractivity contribution in [2.45, 2.75) is 31.7 Å². The summed E-state index contributed by atoms with van der Waals surface area (Å²) in [6.45, 7) is 0. The number of benzene rings is 2. The molecule has 0 radical (unpaired) electrons.